The predicted octanol–water partition coefficient (Wildman–Crippen LogP) is 12.4. The van der Waals surface area contributed by atoms with Crippen molar-refractivity contribution in [2.45, 2.75) is 219 Å². The maximum absolute atomic E-state index is 12.3. The molecular weight excluding hydrogens is 689 g/mol. The Labute approximate surface area is 327 Å². The van der Waals surface area contributed by atoms with Crippen molar-refractivity contribution in [2.24, 2.45) is 0 Å². The number of nitrogens with zero attached hydrogens (tertiary/aromatic N) is 1. The second kappa shape index (κ2) is 36.6. The minimum absolute atomic E-state index is 0.0339. The van der Waals surface area contributed by atoms with Crippen molar-refractivity contribution in [3.63, 3.8) is 0 Å². The molecule has 0 aliphatic rings. The van der Waals surface area contributed by atoms with Crippen LogP contribution in [-0.4, -0.2) is 74.9 Å². The topological polar surface area (TPSA) is 108 Å². The van der Waals surface area contributed by atoms with Crippen LogP contribution in [0.4, 0.5) is 0 Å². The summed E-state index contributed by atoms with van der Waals surface area (Å²) in [7, 11) is 1.48. The van der Waals surface area contributed by atoms with Crippen LogP contribution in [0.15, 0.2) is 0 Å². The number of likely N-dealkylation sites (N-methyl/N-ethyl adjacent to an activating group) is 1. The summed E-state index contributed by atoms with van der Waals surface area (Å²) in [6, 6.07) is 0. The van der Waals surface area contributed by atoms with Gasteiger partial charge >= 0.3 is 19.8 Å². The van der Waals surface area contributed by atoms with Crippen molar-refractivity contribution in [1.82, 2.24) is 0 Å². The molecule has 0 amide bonds. The first-order valence-electron chi connectivity index (χ1n) is 22.3. The fourth-order valence-corrected chi connectivity index (χ4v) is 7.15. The normalized spacial score (nSPS) is 13.5. The minimum Gasteiger partial charge on any atom is -0.462 e. The summed E-state index contributed by atoms with van der Waals surface area (Å²) in [6.07, 6.45) is 37.9. The summed E-state index contributed by atoms with van der Waals surface area (Å²) >= 11 is 0. The van der Waals surface area contributed by atoms with Gasteiger partial charge in [-0.25, -0.2) is 4.57 Å². The molecule has 10 heteroatoms. The summed E-state index contributed by atoms with van der Waals surface area (Å²) in [4.78, 5) is 34.3. The Bertz CT molecular complexity index is 881. The molecule has 0 rings (SSSR count). The molecule has 0 fully saturated rings. The van der Waals surface area contributed by atoms with Crippen LogP contribution in [0.1, 0.15) is 213 Å². The Kier molecular flexibility index (Phi) is 36.0. The van der Waals surface area contributed by atoms with E-state index >= 15 is 0 Å². The van der Waals surface area contributed by atoms with Gasteiger partial charge in [0.15, 0.2) is 6.10 Å². The molecule has 0 bridgehead atoms. The fourth-order valence-electron chi connectivity index (χ4n) is 6.41. The lowest BCUT2D eigenvalue weighted by molar-refractivity contribution is -0.870. The number of carbonyl (C=O) groups excluding carboxylic acids is 2. The van der Waals surface area contributed by atoms with Crippen molar-refractivity contribution in [2.75, 3.05) is 47.5 Å². The molecule has 9 nitrogen and oxygen atoms in total. The number of esters is 2. The molecule has 0 saturated carbocycles. The average Bonchev–Trinajstić information content (AvgIpc) is 3.10. The summed E-state index contributed by atoms with van der Waals surface area (Å²) in [5.74, 6) is -0.848. The number of rotatable bonds is 41. The van der Waals surface area contributed by atoms with Crippen molar-refractivity contribution in [3.05, 3.63) is 0 Å². The molecule has 0 aromatic rings. The zero-order valence-electron chi connectivity index (χ0n) is 35.5. The zero-order valence-corrected chi connectivity index (χ0v) is 36.4. The minimum atomic E-state index is -4.34. The van der Waals surface area contributed by atoms with Gasteiger partial charge in [-0.15, -0.1) is 0 Å². The van der Waals surface area contributed by atoms with E-state index in [1.165, 1.54) is 161 Å². The molecule has 53 heavy (non-hydrogen) atoms. The molecule has 0 saturated heterocycles. The highest BCUT2D eigenvalue weighted by Gasteiger charge is 2.27. The van der Waals surface area contributed by atoms with E-state index in [1.54, 1.807) is 0 Å². The van der Waals surface area contributed by atoms with Crippen molar-refractivity contribution < 1.29 is 42.1 Å². The van der Waals surface area contributed by atoms with E-state index in [0.29, 0.717) is 23.9 Å². The Morgan fingerprint density at radius 2 is 0.887 bits per heavy atom. The van der Waals surface area contributed by atoms with Crippen molar-refractivity contribution >= 4 is 19.8 Å². The molecule has 2 atom stereocenters. The van der Waals surface area contributed by atoms with Gasteiger partial charge < -0.3 is 18.9 Å². The standard InChI is InChI=1S/C43H86NO8P/c1-6-8-9-10-11-12-13-14-15-16-17-18-19-20-21-22-23-24-25-26-27-28-29-30-31-32-33-34-36-42(45)49-39-41(52-43(46)35-7-2)40-51-53(47,48)50-38-37-44(3,4)5/h41H,6-40H2,1-5H3/p+1/t41-/m1/s1. The van der Waals surface area contributed by atoms with Gasteiger partial charge in [0.25, 0.3) is 0 Å². The summed E-state index contributed by atoms with van der Waals surface area (Å²) in [6.45, 7) is 4.05. The number of hydrogen-bond donors (Lipinski definition) is 1. The van der Waals surface area contributed by atoms with Crippen LogP contribution in [0, 0.1) is 0 Å². The van der Waals surface area contributed by atoms with Gasteiger partial charge in [-0.3, -0.25) is 18.6 Å². The highest BCUT2D eigenvalue weighted by atomic mass is 31.2. The van der Waals surface area contributed by atoms with E-state index in [2.05, 4.69) is 6.92 Å². The number of quaternary nitrogens is 1. The number of hydrogen-bond acceptors (Lipinski definition) is 7. The van der Waals surface area contributed by atoms with E-state index in [4.69, 9.17) is 18.5 Å². The summed E-state index contributed by atoms with van der Waals surface area (Å²) < 4.78 is 33.5. The Hall–Kier alpha value is -0.990. The molecule has 0 aliphatic heterocycles. The molecule has 0 aromatic carbocycles. The monoisotopic (exact) mass is 777 g/mol. The molecule has 0 spiro atoms. The van der Waals surface area contributed by atoms with E-state index in [9.17, 15) is 19.0 Å². The van der Waals surface area contributed by atoms with Crippen LogP contribution in [0.5, 0.6) is 0 Å². The van der Waals surface area contributed by atoms with Crippen LogP contribution in [0.25, 0.3) is 0 Å². The second-order valence-electron chi connectivity index (χ2n) is 16.5. The van der Waals surface area contributed by atoms with Crippen molar-refractivity contribution in [1.29, 1.82) is 0 Å². The van der Waals surface area contributed by atoms with Crippen LogP contribution < -0.4 is 0 Å². The predicted molar refractivity (Wildman–Crippen MR) is 220 cm³/mol. The molecule has 0 aromatic heterocycles. The first kappa shape index (κ1) is 52.0. The molecule has 1 N–H and O–H groups in total. The Morgan fingerprint density at radius 1 is 0.509 bits per heavy atom. The lowest BCUT2D eigenvalue weighted by Crippen LogP contribution is -2.37. The van der Waals surface area contributed by atoms with Gasteiger partial charge in [0, 0.05) is 12.8 Å². The maximum atomic E-state index is 12.3. The molecule has 1 unspecified atom stereocenters. The molecule has 0 heterocycles. The van der Waals surface area contributed by atoms with Crippen LogP contribution in [-0.2, 0) is 32.7 Å². The third-order valence-corrected chi connectivity index (χ3v) is 10.8. The first-order chi connectivity index (χ1) is 25.5. The van der Waals surface area contributed by atoms with E-state index in [-0.39, 0.29) is 25.6 Å². The van der Waals surface area contributed by atoms with Gasteiger partial charge in [0.2, 0.25) is 0 Å². The summed E-state index contributed by atoms with van der Waals surface area (Å²) in [5.41, 5.74) is 0. The smallest absolute Gasteiger partial charge is 0.462 e. The molecule has 316 valence electrons. The Balaban J connectivity index is 3.66. The summed E-state index contributed by atoms with van der Waals surface area (Å²) in [5, 5.41) is 0. The van der Waals surface area contributed by atoms with Gasteiger partial charge in [0.05, 0.1) is 27.7 Å². The largest absolute Gasteiger partial charge is 0.472 e. The molecular formula is C43H87NO8P+. The maximum Gasteiger partial charge on any atom is 0.472 e. The second-order valence-corrected chi connectivity index (χ2v) is 17.9. The van der Waals surface area contributed by atoms with E-state index in [0.717, 1.165) is 19.3 Å². The zero-order chi connectivity index (χ0) is 39.3. The highest BCUT2D eigenvalue weighted by molar-refractivity contribution is 7.47. The lowest BCUT2D eigenvalue weighted by atomic mass is 10.0. The number of phosphoric ester groups is 1. The van der Waals surface area contributed by atoms with Crippen LogP contribution in [0.3, 0.4) is 0 Å². The number of phosphoric acid groups is 1. The molecule has 0 aliphatic carbocycles. The Morgan fingerprint density at radius 3 is 1.25 bits per heavy atom. The number of carbonyl (C=O) groups is 2. The van der Waals surface area contributed by atoms with Gasteiger partial charge in [0.1, 0.15) is 19.8 Å². The SMILES string of the molecule is CCCCCCCCCCCCCCCCCCCCCCCCCCCCCCC(=O)OC[C@H](COP(=O)(O)OCC[N+](C)(C)C)OC(=O)CCC. The van der Waals surface area contributed by atoms with Gasteiger partial charge in [-0.1, -0.05) is 187 Å². The van der Waals surface area contributed by atoms with E-state index < -0.39 is 26.5 Å². The van der Waals surface area contributed by atoms with Gasteiger partial charge in [-0.2, -0.15) is 0 Å². The third kappa shape index (κ3) is 40.5. The number of ether oxygens (including phenoxy) is 2. The highest BCUT2D eigenvalue weighted by Crippen LogP contribution is 2.43. The third-order valence-electron chi connectivity index (χ3n) is 9.86. The first-order valence-corrected chi connectivity index (χ1v) is 23.8. The fraction of sp³-hybridized carbons (Fsp3) is 0.953. The lowest BCUT2D eigenvalue weighted by Gasteiger charge is -2.24. The van der Waals surface area contributed by atoms with Gasteiger partial charge in [-0.05, 0) is 12.8 Å². The van der Waals surface area contributed by atoms with Crippen LogP contribution in [0.2, 0.25) is 0 Å². The van der Waals surface area contributed by atoms with Crippen molar-refractivity contribution in [3.8, 4) is 0 Å². The quantitative estimate of drug-likeness (QED) is 0.0283. The van der Waals surface area contributed by atoms with E-state index in [1.807, 2.05) is 28.1 Å². The number of unbranched alkanes of at least 4 members (excludes halogenated alkanes) is 27. The molecule has 0 radical (unpaired) electrons. The average molecular weight is 777 g/mol. The van der Waals surface area contributed by atoms with Crippen LogP contribution >= 0.6 is 7.82 Å².